The smallest absolute Gasteiger partial charge is 0.264 e. The first kappa shape index (κ1) is 24.4. The molecule has 2 heterocycles. The van der Waals surface area contributed by atoms with Gasteiger partial charge in [-0.15, -0.1) is 0 Å². The zero-order chi connectivity index (χ0) is 23.8. The maximum atomic E-state index is 13.0. The van der Waals surface area contributed by atoms with Crippen LogP contribution in [-0.2, 0) is 14.4 Å². The topological polar surface area (TPSA) is 137 Å². The number of carbonyl (C=O) groups is 5. The van der Waals surface area contributed by atoms with Crippen LogP contribution in [0.3, 0.4) is 0 Å². The lowest BCUT2D eigenvalue weighted by molar-refractivity contribution is -0.136. The van der Waals surface area contributed by atoms with E-state index in [-0.39, 0.29) is 29.9 Å². The van der Waals surface area contributed by atoms with Gasteiger partial charge in [0.2, 0.25) is 17.7 Å². The van der Waals surface area contributed by atoms with E-state index in [1.807, 2.05) is 6.92 Å². The molecular weight excluding hydrogens is 426 g/mol. The van der Waals surface area contributed by atoms with E-state index in [1.165, 1.54) is 0 Å². The van der Waals surface area contributed by atoms with Crippen LogP contribution in [0.5, 0.6) is 0 Å². The summed E-state index contributed by atoms with van der Waals surface area (Å²) in [6.45, 7) is 3.39. The Labute approximate surface area is 192 Å². The predicted octanol–water partition coefficient (Wildman–Crippen LogP) is 1.48. The number of amides is 5. The monoisotopic (exact) mass is 457 g/mol. The zero-order valence-corrected chi connectivity index (χ0v) is 18.9. The zero-order valence-electron chi connectivity index (χ0n) is 18.9. The number of nitrogens with zero attached hydrogens (tertiary/aromatic N) is 1. The van der Waals surface area contributed by atoms with Crippen molar-refractivity contribution in [1.82, 2.24) is 21.1 Å². The summed E-state index contributed by atoms with van der Waals surface area (Å²) >= 11 is 0. The Balaban J connectivity index is 1.47. The van der Waals surface area contributed by atoms with Crippen molar-refractivity contribution in [3.05, 3.63) is 29.3 Å². The molecule has 1 atom stereocenters. The molecule has 5 amide bonds. The summed E-state index contributed by atoms with van der Waals surface area (Å²) < 4.78 is 0. The fourth-order valence-corrected chi connectivity index (χ4v) is 4.00. The Kier molecular flexibility index (Phi) is 8.53. The third-order valence-corrected chi connectivity index (χ3v) is 5.72. The number of piperidine rings is 1. The number of imide groups is 2. The molecule has 2 aliphatic rings. The summed E-state index contributed by atoms with van der Waals surface area (Å²) in [7, 11) is 0. The second-order valence-electron chi connectivity index (χ2n) is 8.24. The molecule has 10 heteroatoms. The van der Waals surface area contributed by atoms with Gasteiger partial charge in [-0.3, -0.25) is 39.6 Å². The highest BCUT2D eigenvalue weighted by Crippen LogP contribution is 2.32. The van der Waals surface area contributed by atoms with Crippen LogP contribution in [0.25, 0.3) is 0 Å². The number of anilines is 1. The Hall–Kier alpha value is -3.27. The van der Waals surface area contributed by atoms with Crippen molar-refractivity contribution in [2.24, 2.45) is 0 Å². The number of hydrogen-bond donors (Lipinski definition) is 4. The molecule has 1 aromatic rings. The van der Waals surface area contributed by atoms with Gasteiger partial charge in [0.25, 0.3) is 11.8 Å². The highest BCUT2D eigenvalue weighted by Gasteiger charge is 2.45. The Morgan fingerprint density at radius 2 is 1.85 bits per heavy atom. The van der Waals surface area contributed by atoms with Crippen LogP contribution in [0.2, 0.25) is 0 Å². The average molecular weight is 458 g/mol. The maximum Gasteiger partial charge on any atom is 0.264 e. The minimum atomic E-state index is -0.975. The molecule has 1 saturated heterocycles. The Morgan fingerprint density at radius 3 is 2.61 bits per heavy atom. The average Bonchev–Trinajstić information content (AvgIpc) is 3.04. The van der Waals surface area contributed by atoms with E-state index >= 15 is 0 Å². The van der Waals surface area contributed by atoms with E-state index < -0.39 is 29.7 Å². The number of rotatable bonds is 12. The molecule has 10 nitrogen and oxygen atoms in total. The van der Waals surface area contributed by atoms with E-state index in [0.717, 1.165) is 43.5 Å². The molecule has 0 aromatic heterocycles. The molecule has 0 saturated carbocycles. The molecule has 1 fully saturated rings. The number of unbranched alkanes of at least 4 members (excludes halogenated alkanes) is 3. The molecule has 0 bridgehead atoms. The van der Waals surface area contributed by atoms with Crippen LogP contribution in [0.15, 0.2) is 18.2 Å². The first-order valence-electron chi connectivity index (χ1n) is 11.5. The Bertz CT molecular complexity index is 932. The van der Waals surface area contributed by atoms with Gasteiger partial charge in [-0.05, 0) is 37.8 Å². The summed E-state index contributed by atoms with van der Waals surface area (Å²) in [6, 6.07) is 4.04. The molecule has 1 unspecified atom stereocenters. The van der Waals surface area contributed by atoms with Crippen molar-refractivity contribution in [2.45, 2.75) is 64.3 Å². The number of hydrazine groups is 1. The van der Waals surface area contributed by atoms with E-state index in [4.69, 9.17) is 0 Å². The highest BCUT2D eigenvalue weighted by molar-refractivity contribution is 6.25. The number of benzene rings is 1. The number of carbonyl (C=O) groups excluding carboxylic acids is 5. The third kappa shape index (κ3) is 5.95. The van der Waals surface area contributed by atoms with Gasteiger partial charge in [-0.1, -0.05) is 25.8 Å². The van der Waals surface area contributed by atoms with E-state index in [9.17, 15) is 24.0 Å². The molecule has 2 aliphatic heterocycles. The molecule has 33 heavy (non-hydrogen) atoms. The fraction of sp³-hybridized carbons (Fsp3) is 0.522. The second kappa shape index (κ2) is 11.6. The van der Waals surface area contributed by atoms with Crippen LogP contribution in [0.1, 0.15) is 79.0 Å². The van der Waals surface area contributed by atoms with E-state index in [2.05, 4.69) is 21.5 Å². The number of fused-ring (bicyclic) bond motifs is 1. The van der Waals surface area contributed by atoms with Gasteiger partial charge in [0, 0.05) is 31.6 Å². The number of hydrogen-bond acceptors (Lipinski definition) is 7. The third-order valence-electron chi connectivity index (χ3n) is 5.72. The molecule has 0 radical (unpaired) electrons. The molecule has 0 aliphatic carbocycles. The molecular formula is C23H31N5O5. The molecule has 1 aromatic carbocycles. The molecule has 3 rings (SSSR count). The van der Waals surface area contributed by atoms with Crippen molar-refractivity contribution in [2.75, 3.05) is 18.4 Å². The van der Waals surface area contributed by atoms with Crippen molar-refractivity contribution in [3.8, 4) is 0 Å². The van der Waals surface area contributed by atoms with Gasteiger partial charge >= 0.3 is 0 Å². The lowest BCUT2D eigenvalue weighted by Gasteiger charge is -2.27. The normalized spacial score (nSPS) is 17.7. The SMILES string of the molecule is CCCNNC(=O)CCCCCCNc1cccc2c1C(=O)N(C1CCC(=O)NC1=O)C2=O. The lowest BCUT2D eigenvalue weighted by Crippen LogP contribution is -2.54. The van der Waals surface area contributed by atoms with Gasteiger partial charge < -0.3 is 5.32 Å². The van der Waals surface area contributed by atoms with Gasteiger partial charge in [0.05, 0.1) is 11.1 Å². The molecule has 0 spiro atoms. The highest BCUT2D eigenvalue weighted by atomic mass is 16.2. The van der Waals surface area contributed by atoms with Crippen LogP contribution >= 0.6 is 0 Å². The van der Waals surface area contributed by atoms with Crippen LogP contribution < -0.4 is 21.5 Å². The van der Waals surface area contributed by atoms with Gasteiger partial charge in [-0.25, -0.2) is 5.43 Å². The van der Waals surface area contributed by atoms with Crippen LogP contribution in [0, 0.1) is 0 Å². The fourth-order valence-electron chi connectivity index (χ4n) is 4.00. The predicted molar refractivity (Wildman–Crippen MR) is 121 cm³/mol. The van der Waals surface area contributed by atoms with Crippen molar-refractivity contribution >= 4 is 35.2 Å². The summed E-state index contributed by atoms with van der Waals surface area (Å²) in [5, 5.41) is 5.43. The van der Waals surface area contributed by atoms with Gasteiger partial charge in [-0.2, -0.15) is 0 Å². The minimum absolute atomic E-state index is 0.00910. The lowest BCUT2D eigenvalue weighted by atomic mass is 10.0. The summed E-state index contributed by atoms with van der Waals surface area (Å²) in [5.41, 5.74) is 6.62. The first-order chi connectivity index (χ1) is 15.9. The van der Waals surface area contributed by atoms with Crippen molar-refractivity contribution in [3.63, 3.8) is 0 Å². The van der Waals surface area contributed by atoms with Crippen LogP contribution in [0.4, 0.5) is 5.69 Å². The Morgan fingerprint density at radius 1 is 1.06 bits per heavy atom. The standard InChI is InChI=1S/C23H31N5O5/c1-2-13-25-27-19(30)10-5-3-4-6-14-24-16-9-7-8-15-20(16)23(33)28(22(15)32)17-11-12-18(29)26-21(17)31/h7-9,17,24-25H,2-6,10-14H2,1H3,(H,27,30)(H,26,29,31). The van der Waals surface area contributed by atoms with Crippen LogP contribution in [-0.4, -0.2) is 53.6 Å². The quantitative estimate of drug-likeness (QED) is 0.212. The van der Waals surface area contributed by atoms with Crippen molar-refractivity contribution in [1.29, 1.82) is 0 Å². The maximum absolute atomic E-state index is 13.0. The molecule has 4 N–H and O–H groups in total. The van der Waals surface area contributed by atoms with Gasteiger partial charge in [0.1, 0.15) is 6.04 Å². The van der Waals surface area contributed by atoms with Crippen molar-refractivity contribution < 1.29 is 24.0 Å². The summed E-state index contributed by atoms with van der Waals surface area (Å²) in [6.07, 6.45) is 5.13. The first-order valence-corrected chi connectivity index (χ1v) is 11.5. The summed E-state index contributed by atoms with van der Waals surface area (Å²) in [5.74, 6) is -2.06. The summed E-state index contributed by atoms with van der Waals surface area (Å²) in [4.78, 5) is 62.1. The second-order valence-corrected chi connectivity index (χ2v) is 8.24. The number of nitrogens with one attached hydrogen (secondary N) is 4. The molecule has 178 valence electrons. The largest absolute Gasteiger partial charge is 0.384 e. The van der Waals surface area contributed by atoms with E-state index in [1.54, 1.807) is 18.2 Å². The van der Waals surface area contributed by atoms with E-state index in [0.29, 0.717) is 18.7 Å². The van der Waals surface area contributed by atoms with Gasteiger partial charge in [0.15, 0.2) is 0 Å². The minimum Gasteiger partial charge on any atom is -0.384 e.